The fraction of sp³-hybridized carbons (Fsp3) is 0.360. The van der Waals surface area contributed by atoms with Crippen molar-refractivity contribution >= 4 is 23.3 Å². The molecule has 0 spiro atoms. The number of hydrogen-bond donors (Lipinski definition) is 0. The lowest BCUT2D eigenvalue weighted by Crippen LogP contribution is -2.36. The van der Waals surface area contributed by atoms with Crippen molar-refractivity contribution in [3.63, 3.8) is 0 Å². The van der Waals surface area contributed by atoms with Crippen LogP contribution in [-0.2, 0) is 6.54 Å². The zero-order valence-electron chi connectivity index (χ0n) is 19.4. The molecule has 5 rings (SSSR count). The molecule has 2 aliphatic rings. The van der Waals surface area contributed by atoms with Crippen LogP contribution in [0.2, 0.25) is 5.02 Å². The zero-order valence-corrected chi connectivity index (χ0v) is 20.2. The van der Waals surface area contributed by atoms with Crippen LogP contribution in [0.5, 0.6) is 0 Å². The summed E-state index contributed by atoms with van der Waals surface area (Å²) in [5.74, 6) is 0.935. The molecule has 2 atom stereocenters. The van der Waals surface area contributed by atoms with Gasteiger partial charge in [-0.1, -0.05) is 30.3 Å². The number of fused-ring (bicyclic) bond motifs is 1. The number of halogens is 1. The Labute approximate surface area is 204 Å². The maximum Gasteiger partial charge on any atom is 0.344 e. The van der Waals surface area contributed by atoms with E-state index in [1.165, 1.54) is 4.68 Å². The van der Waals surface area contributed by atoms with E-state index in [9.17, 15) is 4.79 Å². The highest BCUT2D eigenvalue weighted by Crippen LogP contribution is 2.34. The van der Waals surface area contributed by atoms with Crippen LogP contribution in [0.15, 0.2) is 61.5 Å². The smallest absolute Gasteiger partial charge is 0.344 e. The molecule has 2 fully saturated rings. The number of anilines is 1. The lowest BCUT2D eigenvalue weighted by Gasteiger charge is -2.22. The van der Waals surface area contributed by atoms with Gasteiger partial charge < -0.3 is 9.80 Å². The third-order valence-corrected chi connectivity index (χ3v) is 7.22. The van der Waals surface area contributed by atoms with Crippen LogP contribution < -0.4 is 4.90 Å². The van der Waals surface area contributed by atoms with Gasteiger partial charge in [-0.05, 0) is 30.4 Å². The Balaban J connectivity index is 1.18. The van der Waals surface area contributed by atoms with Gasteiger partial charge in [-0.2, -0.15) is 9.78 Å². The average Bonchev–Trinajstić information content (AvgIpc) is 3.55. The number of nitrogens with zero attached hydrogens (tertiary/aromatic N) is 7. The van der Waals surface area contributed by atoms with E-state index in [-0.39, 0.29) is 6.03 Å². The summed E-state index contributed by atoms with van der Waals surface area (Å²) in [6.45, 7) is 10.1. The first-order chi connectivity index (χ1) is 16.4. The van der Waals surface area contributed by atoms with Crippen molar-refractivity contribution < 1.29 is 4.79 Å². The SMILES string of the molecule is C=C(C)N(C)c1cnn(C(=O)N2CC3CN(Cc4ccc(-c5cnccn5)cc4Cl)CC3C2)c1. The van der Waals surface area contributed by atoms with Crippen LogP contribution in [-0.4, -0.2) is 68.8 Å². The monoisotopic (exact) mass is 477 g/mol. The molecule has 1 aromatic carbocycles. The summed E-state index contributed by atoms with van der Waals surface area (Å²) >= 11 is 6.61. The van der Waals surface area contributed by atoms with Crippen molar-refractivity contribution in [2.45, 2.75) is 13.5 Å². The van der Waals surface area contributed by atoms with Crippen LogP contribution in [0.4, 0.5) is 10.5 Å². The molecule has 3 aromatic rings. The lowest BCUT2D eigenvalue weighted by atomic mass is 10.0. The minimum absolute atomic E-state index is 0.0649. The number of hydrogen-bond acceptors (Lipinski definition) is 6. The number of likely N-dealkylation sites (tertiary alicyclic amines) is 2. The minimum Gasteiger partial charge on any atom is -0.347 e. The van der Waals surface area contributed by atoms with Crippen LogP contribution in [0, 0.1) is 11.8 Å². The molecule has 0 bridgehead atoms. The van der Waals surface area contributed by atoms with Crippen molar-refractivity contribution in [1.82, 2.24) is 29.5 Å². The zero-order chi connectivity index (χ0) is 23.8. The summed E-state index contributed by atoms with van der Waals surface area (Å²) in [4.78, 5) is 27.7. The number of amides is 1. The van der Waals surface area contributed by atoms with Crippen molar-refractivity contribution in [3.05, 3.63) is 72.0 Å². The number of carbonyl (C=O) groups excluding carboxylic acids is 1. The van der Waals surface area contributed by atoms with Gasteiger partial charge in [0.15, 0.2) is 0 Å². The van der Waals surface area contributed by atoms with E-state index in [2.05, 4.69) is 32.6 Å². The van der Waals surface area contributed by atoms with Gasteiger partial charge in [-0.3, -0.25) is 14.9 Å². The van der Waals surface area contributed by atoms with Crippen LogP contribution >= 0.6 is 11.6 Å². The molecule has 2 aromatic heterocycles. The third-order valence-electron chi connectivity index (χ3n) is 6.86. The molecule has 1 amide bonds. The molecule has 9 heteroatoms. The van der Waals surface area contributed by atoms with Gasteiger partial charge in [0.1, 0.15) is 0 Å². The minimum atomic E-state index is -0.0649. The molecule has 34 heavy (non-hydrogen) atoms. The summed E-state index contributed by atoms with van der Waals surface area (Å²) in [6, 6.07) is 6.02. The van der Waals surface area contributed by atoms with E-state index in [1.54, 1.807) is 31.0 Å². The van der Waals surface area contributed by atoms with Gasteiger partial charge >= 0.3 is 6.03 Å². The van der Waals surface area contributed by atoms with E-state index >= 15 is 0 Å². The fourth-order valence-corrected chi connectivity index (χ4v) is 5.10. The van der Waals surface area contributed by atoms with Crippen molar-refractivity contribution in [3.8, 4) is 11.3 Å². The number of allylic oxidation sites excluding steroid dienone is 1. The van der Waals surface area contributed by atoms with E-state index in [4.69, 9.17) is 11.6 Å². The quantitative estimate of drug-likeness (QED) is 0.553. The lowest BCUT2D eigenvalue weighted by molar-refractivity contribution is 0.197. The molecule has 4 heterocycles. The second-order valence-corrected chi connectivity index (χ2v) is 9.64. The van der Waals surface area contributed by atoms with Gasteiger partial charge in [-0.15, -0.1) is 0 Å². The molecule has 8 nitrogen and oxygen atoms in total. The van der Waals surface area contributed by atoms with Crippen molar-refractivity contribution in [2.75, 3.05) is 38.1 Å². The van der Waals surface area contributed by atoms with Crippen LogP contribution in [0.3, 0.4) is 0 Å². The Kier molecular flexibility index (Phi) is 6.10. The first-order valence-electron chi connectivity index (χ1n) is 11.4. The topological polar surface area (TPSA) is 70.4 Å². The van der Waals surface area contributed by atoms with Crippen molar-refractivity contribution in [2.24, 2.45) is 11.8 Å². The predicted octanol–water partition coefficient (Wildman–Crippen LogP) is 4.00. The standard InChI is InChI=1S/C25H28ClN7O/c1-17(2)30(3)22-9-29-33(16-22)25(34)32-14-20-12-31(13-21(20)15-32)11-19-5-4-18(8-23(19)26)24-10-27-6-7-28-24/h4-10,16,20-21H,1,11-15H2,2-3H3. The van der Waals surface area contributed by atoms with E-state index in [0.717, 1.165) is 66.0 Å². The van der Waals surface area contributed by atoms with Crippen molar-refractivity contribution in [1.29, 1.82) is 0 Å². The normalized spacial score (nSPS) is 19.9. The van der Waals surface area contributed by atoms with Crippen LogP contribution in [0.25, 0.3) is 11.3 Å². The summed E-state index contributed by atoms with van der Waals surface area (Å²) in [6.07, 6.45) is 8.55. The molecule has 0 aliphatic carbocycles. The third kappa shape index (κ3) is 4.43. The highest BCUT2D eigenvalue weighted by atomic mass is 35.5. The van der Waals surface area contributed by atoms with Gasteiger partial charge in [0.25, 0.3) is 0 Å². The second-order valence-electron chi connectivity index (χ2n) is 9.24. The van der Waals surface area contributed by atoms with Gasteiger partial charge in [0.2, 0.25) is 0 Å². The Hall–Kier alpha value is -3.23. The summed E-state index contributed by atoms with van der Waals surface area (Å²) < 4.78 is 1.44. The number of carbonyl (C=O) groups is 1. The Bertz CT molecular complexity index is 1200. The van der Waals surface area contributed by atoms with E-state index in [1.807, 2.05) is 35.9 Å². The second kappa shape index (κ2) is 9.19. The summed E-state index contributed by atoms with van der Waals surface area (Å²) in [7, 11) is 1.92. The highest BCUT2D eigenvalue weighted by Gasteiger charge is 2.42. The first-order valence-corrected chi connectivity index (χ1v) is 11.8. The Morgan fingerprint density at radius 2 is 1.94 bits per heavy atom. The Morgan fingerprint density at radius 1 is 1.18 bits per heavy atom. The van der Waals surface area contributed by atoms with E-state index in [0.29, 0.717) is 11.8 Å². The number of benzene rings is 1. The highest BCUT2D eigenvalue weighted by molar-refractivity contribution is 6.31. The fourth-order valence-electron chi connectivity index (χ4n) is 4.86. The molecule has 0 radical (unpaired) electrons. The van der Waals surface area contributed by atoms with Gasteiger partial charge in [0, 0.05) is 68.4 Å². The predicted molar refractivity (Wildman–Crippen MR) is 133 cm³/mol. The average molecular weight is 478 g/mol. The number of rotatable bonds is 5. The summed E-state index contributed by atoms with van der Waals surface area (Å²) in [5.41, 5.74) is 4.63. The molecule has 2 aliphatic heterocycles. The van der Waals surface area contributed by atoms with Gasteiger partial charge in [0.05, 0.1) is 30.0 Å². The molecular weight excluding hydrogens is 450 g/mol. The van der Waals surface area contributed by atoms with E-state index < -0.39 is 0 Å². The molecule has 0 N–H and O–H groups in total. The first kappa shape index (κ1) is 22.6. The largest absolute Gasteiger partial charge is 0.347 e. The molecule has 0 saturated carbocycles. The molecule has 2 saturated heterocycles. The maximum absolute atomic E-state index is 13.0. The number of aromatic nitrogens is 4. The molecule has 176 valence electrons. The Morgan fingerprint density at radius 3 is 2.59 bits per heavy atom. The van der Waals surface area contributed by atoms with Crippen LogP contribution in [0.1, 0.15) is 12.5 Å². The summed E-state index contributed by atoms with van der Waals surface area (Å²) in [5, 5.41) is 5.02. The molecular formula is C25H28ClN7O. The maximum atomic E-state index is 13.0. The molecule has 2 unspecified atom stereocenters. The van der Waals surface area contributed by atoms with Gasteiger partial charge in [-0.25, -0.2) is 4.79 Å².